The van der Waals surface area contributed by atoms with Crippen LogP contribution in [0, 0.1) is 6.92 Å². The molecular formula is C18H15BrN4O4. The number of halogens is 1. The van der Waals surface area contributed by atoms with Gasteiger partial charge in [0, 0.05) is 10.0 Å². The van der Waals surface area contributed by atoms with Crippen LogP contribution < -0.4 is 5.32 Å². The summed E-state index contributed by atoms with van der Waals surface area (Å²) in [5, 5.41) is 6.60. The van der Waals surface area contributed by atoms with Crippen molar-refractivity contribution in [2.75, 3.05) is 0 Å². The third-order valence-corrected chi connectivity index (χ3v) is 4.85. The van der Waals surface area contributed by atoms with E-state index in [0.29, 0.717) is 17.3 Å². The Hall–Kier alpha value is -2.94. The van der Waals surface area contributed by atoms with E-state index in [4.69, 9.17) is 8.94 Å². The summed E-state index contributed by atoms with van der Waals surface area (Å²) in [6, 6.07) is 10.3. The minimum atomic E-state index is -1.27. The van der Waals surface area contributed by atoms with E-state index in [1.54, 1.807) is 26.0 Å². The number of amides is 3. The second-order valence-electron chi connectivity index (χ2n) is 6.38. The van der Waals surface area contributed by atoms with E-state index in [1.165, 1.54) is 0 Å². The monoisotopic (exact) mass is 430 g/mol. The quantitative estimate of drug-likeness (QED) is 0.636. The molecule has 0 radical (unpaired) electrons. The molecule has 0 aliphatic carbocycles. The zero-order valence-corrected chi connectivity index (χ0v) is 16.1. The lowest BCUT2D eigenvalue weighted by Crippen LogP contribution is -2.40. The zero-order chi connectivity index (χ0) is 19.2. The maximum atomic E-state index is 12.9. The van der Waals surface area contributed by atoms with E-state index in [9.17, 15) is 9.59 Å². The number of hydrogen-bond acceptors (Lipinski definition) is 6. The Kier molecular flexibility index (Phi) is 4.11. The van der Waals surface area contributed by atoms with Gasteiger partial charge in [-0.2, -0.15) is 4.98 Å². The van der Waals surface area contributed by atoms with Crippen molar-refractivity contribution in [3.05, 3.63) is 58.3 Å². The molecule has 0 saturated carbocycles. The number of carbonyl (C=O) groups is 2. The summed E-state index contributed by atoms with van der Waals surface area (Å²) in [4.78, 5) is 30.5. The van der Waals surface area contributed by atoms with Gasteiger partial charge in [-0.05, 0) is 38.1 Å². The second kappa shape index (κ2) is 6.34. The second-order valence-corrected chi connectivity index (χ2v) is 7.29. The van der Waals surface area contributed by atoms with Gasteiger partial charge in [0.05, 0.1) is 0 Å². The van der Waals surface area contributed by atoms with Crippen molar-refractivity contribution < 1.29 is 18.5 Å². The molecule has 8 nitrogen and oxygen atoms in total. The number of nitrogens with one attached hydrogen (secondary N) is 1. The molecule has 27 heavy (non-hydrogen) atoms. The first-order chi connectivity index (χ1) is 12.9. The summed E-state index contributed by atoms with van der Waals surface area (Å²) < 4.78 is 11.6. The predicted octanol–water partition coefficient (Wildman–Crippen LogP) is 3.37. The van der Waals surface area contributed by atoms with Gasteiger partial charge in [0.1, 0.15) is 18.1 Å². The molecule has 9 heteroatoms. The molecule has 1 fully saturated rings. The van der Waals surface area contributed by atoms with Crippen molar-refractivity contribution in [2.45, 2.75) is 25.9 Å². The van der Waals surface area contributed by atoms with Crippen molar-refractivity contribution in [3.8, 4) is 11.4 Å². The van der Waals surface area contributed by atoms with Crippen LogP contribution in [0.5, 0.6) is 0 Å². The Morgan fingerprint density at radius 2 is 2.07 bits per heavy atom. The Bertz CT molecular complexity index is 1040. The predicted molar refractivity (Wildman–Crippen MR) is 97.3 cm³/mol. The molecule has 1 aromatic carbocycles. The van der Waals surface area contributed by atoms with Gasteiger partial charge in [-0.3, -0.25) is 9.69 Å². The van der Waals surface area contributed by atoms with Crippen molar-refractivity contribution in [3.63, 3.8) is 0 Å². The normalized spacial score (nSPS) is 19.6. The molecule has 1 saturated heterocycles. The zero-order valence-electron chi connectivity index (χ0n) is 14.5. The highest BCUT2D eigenvalue weighted by Crippen LogP contribution is 2.31. The summed E-state index contributed by atoms with van der Waals surface area (Å²) in [5.74, 6) is 1.13. The number of carbonyl (C=O) groups excluding carboxylic acids is 2. The van der Waals surface area contributed by atoms with Gasteiger partial charge < -0.3 is 14.3 Å². The average Bonchev–Trinajstić information content (AvgIpc) is 3.32. The highest BCUT2D eigenvalue weighted by molar-refractivity contribution is 9.10. The van der Waals surface area contributed by atoms with E-state index in [-0.39, 0.29) is 12.4 Å². The van der Waals surface area contributed by atoms with Crippen LogP contribution in [0.15, 0.2) is 49.8 Å². The van der Waals surface area contributed by atoms with E-state index in [0.717, 1.165) is 14.9 Å². The molecule has 1 N–H and O–H groups in total. The first-order valence-electron chi connectivity index (χ1n) is 8.16. The molecule has 3 aromatic rings. The molecule has 3 heterocycles. The number of furan rings is 1. The number of aryl methyl sites for hydroxylation is 1. The molecule has 1 aliphatic heterocycles. The van der Waals surface area contributed by atoms with Crippen molar-refractivity contribution in [2.24, 2.45) is 0 Å². The highest BCUT2D eigenvalue weighted by Gasteiger charge is 2.51. The van der Waals surface area contributed by atoms with Crippen molar-refractivity contribution in [1.29, 1.82) is 0 Å². The number of benzene rings is 1. The van der Waals surface area contributed by atoms with E-state index >= 15 is 0 Å². The summed E-state index contributed by atoms with van der Waals surface area (Å²) in [6.07, 6.45) is 0. The summed E-state index contributed by atoms with van der Waals surface area (Å²) >= 11 is 3.39. The molecule has 1 atom stereocenters. The third kappa shape index (κ3) is 3.03. The lowest BCUT2D eigenvalue weighted by molar-refractivity contribution is -0.132. The lowest BCUT2D eigenvalue weighted by Gasteiger charge is -2.18. The summed E-state index contributed by atoms with van der Waals surface area (Å²) in [7, 11) is 0. The van der Waals surface area contributed by atoms with Gasteiger partial charge in [0.25, 0.3) is 5.91 Å². The van der Waals surface area contributed by atoms with Crippen LogP contribution in [0.3, 0.4) is 0 Å². The van der Waals surface area contributed by atoms with Crippen LogP contribution in [-0.4, -0.2) is 27.0 Å². The number of urea groups is 1. The largest absolute Gasteiger partial charge is 0.463 e. The van der Waals surface area contributed by atoms with Gasteiger partial charge in [-0.25, -0.2) is 4.79 Å². The number of nitrogens with zero attached hydrogens (tertiary/aromatic N) is 3. The van der Waals surface area contributed by atoms with Gasteiger partial charge in [-0.15, -0.1) is 0 Å². The molecular weight excluding hydrogens is 416 g/mol. The Morgan fingerprint density at radius 3 is 2.78 bits per heavy atom. The van der Waals surface area contributed by atoms with Gasteiger partial charge >= 0.3 is 6.03 Å². The van der Waals surface area contributed by atoms with E-state index in [2.05, 4.69) is 31.4 Å². The minimum absolute atomic E-state index is 0.124. The van der Waals surface area contributed by atoms with Gasteiger partial charge in [0.2, 0.25) is 11.7 Å². The number of aromatic nitrogens is 2. The van der Waals surface area contributed by atoms with Crippen molar-refractivity contribution >= 4 is 27.9 Å². The Morgan fingerprint density at radius 1 is 1.26 bits per heavy atom. The molecule has 3 amide bonds. The van der Waals surface area contributed by atoms with Gasteiger partial charge in [0.15, 0.2) is 5.54 Å². The first-order valence-corrected chi connectivity index (χ1v) is 8.96. The Balaban J connectivity index is 1.57. The topological polar surface area (TPSA) is 101 Å². The van der Waals surface area contributed by atoms with Crippen LogP contribution in [0.25, 0.3) is 11.4 Å². The minimum Gasteiger partial charge on any atom is -0.463 e. The standard InChI is InChI=1S/C18H15BrN4O4/c1-10-6-7-13(26-10)18(2)16(24)23(17(25)21-18)9-14-20-15(22-27-14)11-4-3-5-12(19)8-11/h3-8H,9H2,1-2H3,(H,21,25). The third-order valence-electron chi connectivity index (χ3n) is 4.35. The summed E-state index contributed by atoms with van der Waals surface area (Å²) in [5.41, 5.74) is -0.508. The fourth-order valence-corrected chi connectivity index (χ4v) is 3.31. The fraction of sp³-hybridized carbons (Fsp3) is 0.222. The van der Waals surface area contributed by atoms with Crippen molar-refractivity contribution in [1.82, 2.24) is 20.4 Å². The SMILES string of the molecule is Cc1ccc(C2(C)NC(=O)N(Cc3nc(-c4cccc(Br)c4)no3)C2=O)o1. The number of hydrogen-bond donors (Lipinski definition) is 1. The maximum absolute atomic E-state index is 12.9. The fourth-order valence-electron chi connectivity index (χ4n) is 2.91. The number of imide groups is 1. The average molecular weight is 431 g/mol. The van der Waals surface area contributed by atoms with E-state index in [1.807, 2.05) is 24.3 Å². The summed E-state index contributed by atoms with van der Waals surface area (Å²) in [6.45, 7) is 3.25. The smallest absolute Gasteiger partial charge is 0.325 e. The first kappa shape index (κ1) is 17.5. The Labute approximate surface area is 162 Å². The number of rotatable bonds is 4. The molecule has 4 rings (SSSR count). The highest BCUT2D eigenvalue weighted by atomic mass is 79.9. The van der Waals surface area contributed by atoms with Gasteiger partial charge in [-0.1, -0.05) is 33.2 Å². The van der Waals surface area contributed by atoms with Crippen LogP contribution >= 0.6 is 15.9 Å². The maximum Gasteiger partial charge on any atom is 0.325 e. The molecule has 0 bridgehead atoms. The molecule has 2 aromatic heterocycles. The molecule has 1 aliphatic rings. The van der Waals surface area contributed by atoms with Crippen LogP contribution in [0.2, 0.25) is 0 Å². The van der Waals surface area contributed by atoms with Crippen LogP contribution in [0.4, 0.5) is 4.79 Å². The van der Waals surface area contributed by atoms with E-state index < -0.39 is 17.5 Å². The van der Waals surface area contributed by atoms with Crippen LogP contribution in [0.1, 0.15) is 24.3 Å². The molecule has 0 spiro atoms. The molecule has 1 unspecified atom stereocenters. The molecule has 138 valence electrons. The van der Waals surface area contributed by atoms with Crippen LogP contribution in [-0.2, 0) is 16.9 Å². The lowest BCUT2D eigenvalue weighted by atomic mass is 9.99.